The van der Waals surface area contributed by atoms with Crippen molar-refractivity contribution in [1.82, 2.24) is 0 Å². The molecule has 2 aliphatic carbocycles. The van der Waals surface area contributed by atoms with E-state index in [0.29, 0.717) is 11.8 Å². The van der Waals surface area contributed by atoms with E-state index < -0.39 is 8.07 Å². The maximum atomic E-state index is 2.66. The minimum Gasteiger partial charge on any atom is -0.200 e. The number of fused-ring (bicyclic) bond motifs is 1. The molecule has 0 spiro atoms. The molecular formula is C45H54NSi+. The Balaban J connectivity index is 1.45. The minimum atomic E-state index is -2.43. The molecule has 2 saturated carbocycles. The van der Waals surface area contributed by atoms with E-state index in [2.05, 4.69) is 143 Å². The summed E-state index contributed by atoms with van der Waals surface area (Å²) in [6, 6.07) is 38.0. The normalized spacial score (nSPS) is 16.9. The summed E-state index contributed by atoms with van der Waals surface area (Å²) in [5, 5.41) is 7.23. The standard InChI is InChI=1S/C45H54NSi/c1-33-42(35-20-12-7-13-21-35)31-37(34-18-10-6-11-19-34)32-43(33)44-41-27-26-40(30-36(41)28-29-46(44)5)47(45(2,3)4,38-22-14-8-15-23-38)39-24-16-9-17-25-39/h8-9,14-17,22-32,34-35H,6-7,10-13,18-21H2,1-5H3/q+1. The lowest BCUT2D eigenvalue weighted by molar-refractivity contribution is -0.659. The van der Waals surface area contributed by atoms with E-state index in [0.717, 1.165) is 0 Å². The summed E-state index contributed by atoms with van der Waals surface area (Å²) in [6.45, 7) is 9.83. The third-order valence-corrected chi connectivity index (χ3v) is 17.8. The van der Waals surface area contributed by atoms with Crippen LogP contribution in [0.2, 0.25) is 5.04 Å². The molecule has 0 radical (unpaired) electrons. The molecule has 0 unspecified atom stereocenters. The largest absolute Gasteiger partial charge is 0.220 e. The zero-order valence-corrected chi connectivity index (χ0v) is 30.5. The van der Waals surface area contributed by atoms with Gasteiger partial charge in [0.15, 0.2) is 14.3 Å². The summed E-state index contributed by atoms with van der Waals surface area (Å²) in [6.07, 6.45) is 16.0. The predicted octanol–water partition coefficient (Wildman–Crippen LogP) is 10.0. The van der Waals surface area contributed by atoms with Crippen LogP contribution in [0.25, 0.3) is 22.0 Å². The van der Waals surface area contributed by atoms with Gasteiger partial charge >= 0.3 is 0 Å². The first-order valence-corrected chi connectivity index (χ1v) is 20.5. The van der Waals surface area contributed by atoms with E-state index in [1.807, 2.05) is 0 Å². The van der Waals surface area contributed by atoms with E-state index >= 15 is 0 Å². The molecule has 7 rings (SSSR count). The highest BCUT2D eigenvalue weighted by atomic mass is 28.3. The molecule has 2 heteroatoms. The van der Waals surface area contributed by atoms with Gasteiger partial charge in [-0.25, -0.2) is 4.57 Å². The zero-order chi connectivity index (χ0) is 32.6. The molecule has 0 amide bonds. The van der Waals surface area contributed by atoms with Gasteiger partial charge in [-0.15, -0.1) is 0 Å². The molecule has 4 aromatic carbocycles. The van der Waals surface area contributed by atoms with Crippen LogP contribution in [0, 0.1) is 6.92 Å². The number of nitrogens with zero attached hydrogens (tertiary/aromatic N) is 1. The van der Waals surface area contributed by atoms with Crippen LogP contribution in [0.3, 0.4) is 0 Å². The van der Waals surface area contributed by atoms with Crippen LogP contribution < -0.4 is 20.1 Å². The van der Waals surface area contributed by atoms with Crippen molar-refractivity contribution in [2.75, 3.05) is 0 Å². The summed E-state index contributed by atoms with van der Waals surface area (Å²) >= 11 is 0. The van der Waals surface area contributed by atoms with E-state index in [-0.39, 0.29) is 5.04 Å². The maximum Gasteiger partial charge on any atom is 0.220 e. The van der Waals surface area contributed by atoms with Gasteiger partial charge in [-0.2, -0.15) is 0 Å². The Bertz CT molecular complexity index is 1800. The van der Waals surface area contributed by atoms with E-state index in [9.17, 15) is 0 Å². The van der Waals surface area contributed by atoms with Crippen molar-refractivity contribution in [2.24, 2.45) is 7.05 Å². The van der Waals surface area contributed by atoms with Crippen molar-refractivity contribution in [1.29, 1.82) is 0 Å². The Kier molecular flexibility index (Phi) is 9.00. The fraction of sp³-hybridized carbons (Fsp3) is 0.400. The van der Waals surface area contributed by atoms with Crippen LogP contribution >= 0.6 is 0 Å². The molecular weight excluding hydrogens is 583 g/mol. The average molecular weight is 637 g/mol. The Morgan fingerprint density at radius 3 is 1.77 bits per heavy atom. The number of aromatic nitrogens is 1. The first-order valence-electron chi connectivity index (χ1n) is 18.5. The SMILES string of the molecule is Cc1c(-c2c3ccc([Si](c4ccccc4)(c4ccccc4)C(C)(C)C)cc3cc[n+]2C)cc(C2CCCCC2)cc1C1CCCCC1. The fourth-order valence-electron chi connectivity index (χ4n) is 9.63. The van der Waals surface area contributed by atoms with Gasteiger partial charge in [-0.3, -0.25) is 0 Å². The third-order valence-electron chi connectivity index (χ3n) is 12.0. The quantitative estimate of drug-likeness (QED) is 0.0992. The highest BCUT2D eigenvalue weighted by Crippen LogP contribution is 2.43. The van der Waals surface area contributed by atoms with Crippen molar-refractivity contribution in [2.45, 2.75) is 109 Å². The number of pyridine rings is 1. The first kappa shape index (κ1) is 32.1. The molecule has 0 bridgehead atoms. The molecule has 5 aromatic rings. The van der Waals surface area contributed by atoms with Crippen molar-refractivity contribution in [3.63, 3.8) is 0 Å². The lowest BCUT2D eigenvalue weighted by atomic mass is 9.76. The van der Waals surface area contributed by atoms with E-state index in [1.54, 1.807) is 11.1 Å². The summed E-state index contributed by atoms with van der Waals surface area (Å²) in [5.74, 6) is 1.40. The molecule has 1 heterocycles. The van der Waals surface area contributed by atoms with Crippen molar-refractivity contribution >= 4 is 34.4 Å². The van der Waals surface area contributed by atoms with E-state index in [4.69, 9.17) is 0 Å². The van der Waals surface area contributed by atoms with E-state index in [1.165, 1.54) is 107 Å². The Labute approximate surface area is 285 Å². The number of hydrogen-bond donors (Lipinski definition) is 0. The van der Waals surface area contributed by atoms with Gasteiger partial charge in [-0.05, 0) is 99.3 Å². The van der Waals surface area contributed by atoms with Crippen LogP contribution in [0.15, 0.2) is 103 Å². The first-order chi connectivity index (χ1) is 22.8. The van der Waals surface area contributed by atoms with Gasteiger partial charge in [0.1, 0.15) is 7.05 Å². The van der Waals surface area contributed by atoms with Crippen LogP contribution in [0.4, 0.5) is 0 Å². The minimum absolute atomic E-state index is 0.0610. The fourth-order valence-corrected chi connectivity index (χ4v) is 15.3. The Hall–Kier alpha value is -3.49. The van der Waals surface area contributed by atoms with Crippen molar-refractivity contribution in [3.05, 3.63) is 120 Å². The number of hydrogen-bond acceptors (Lipinski definition) is 0. The molecule has 2 fully saturated rings. The molecule has 0 aliphatic heterocycles. The van der Waals surface area contributed by atoms with Crippen LogP contribution in [0.1, 0.15) is 114 Å². The van der Waals surface area contributed by atoms with Gasteiger partial charge in [0, 0.05) is 6.07 Å². The van der Waals surface area contributed by atoms with Gasteiger partial charge in [0.05, 0.1) is 10.9 Å². The molecule has 0 N–H and O–H groups in total. The summed E-state index contributed by atoms with van der Waals surface area (Å²) in [5.41, 5.74) is 7.59. The summed E-state index contributed by atoms with van der Waals surface area (Å²) in [4.78, 5) is 0. The Morgan fingerprint density at radius 2 is 1.19 bits per heavy atom. The lowest BCUT2D eigenvalue weighted by Gasteiger charge is -2.44. The predicted molar refractivity (Wildman–Crippen MR) is 204 cm³/mol. The summed E-state index contributed by atoms with van der Waals surface area (Å²) < 4.78 is 2.41. The smallest absolute Gasteiger partial charge is 0.200 e. The van der Waals surface area contributed by atoms with Crippen LogP contribution in [-0.2, 0) is 7.05 Å². The van der Waals surface area contributed by atoms with Gasteiger partial charge in [0.25, 0.3) is 0 Å². The number of aryl methyl sites for hydroxylation is 1. The topological polar surface area (TPSA) is 3.88 Å². The van der Waals surface area contributed by atoms with Gasteiger partial charge in [-0.1, -0.05) is 138 Å². The second-order valence-electron chi connectivity index (χ2n) is 15.8. The monoisotopic (exact) mass is 636 g/mol. The molecule has 0 saturated heterocycles. The molecule has 242 valence electrons. The molecule has 1 nitrogen and oxygen atoms in total. The molecule has 0 atom stereocenters. The molecule has 2 aliphatic rings. The van der Waals surface area contributed by atoms with Crippen LogP contribution in [-0.4, -0.2) is 8.07 Å². The number of benzene rings is 4. The van der Waals surface area contributed by atoms with Gasteiger partial charge in [0.2, 0.25) is 5.69 Å². The van der Waals surface area contributed by atoms with Gasteiger partial charge < -0.3 is 0 Å². The molecule has 1 aromatic heterocycles. The number of rotatable bonds is 6. The van der Waals surface area contributed by atoms with Crippen LogP contribution in [0.5, 0.6) is 0 Å². The average Bonchev–Trinajstić information content (AvgIpc) is 3.10. The highest BCUT2D eigenvalue weighted by Gasteiger charge is 2.49. The molecule has 47 heavy (non-hydrogen) atoms. The van der Waals surface area contributed by atoms with Crippen molar-refractivity contribution < 1.29 is 4.57 Å². The zero-order valence-electron chi connectivity index (χ0n) is 29.5. The Morgan fingerprint density at radius 1 is 0.617 bits per heavy atom. The summed E-state index contributed by atoms with van der Waals surface area (Å²) in [7, 11) is -0.172. The maximum absolute atomic E-state index is 2.66. The lowest BCUT2D eigenvalue weighted by Crippen LogP contribution is -2.72. The highest BCUT2D eigenvalue weighted by molar-refractivity contribution is 7.13. The van der Waals surface area contributed by atoms with Crippen molar-refractivity contribution in [3.8, 4) is 11.3 Å². The second kappa shape index (κ2) is 13.2. The second-order valence-corrected chi connectivity index (χ2v) is 20.5. The third kappa shape index (κ3) is 5.82.